The third-order valence-electron chi connectivity index (χ3n) is 2.50. The minimum absolute atomic E-state index is 0.0510. The second-order valence-corrected chi connectivity index (χ2v) is 5.21. The van der Waals surface area contributed by atoms with Crippen molar-refractivity contribution < 1.29 is 9.18 Å². The average Bonchev–Trinajstić information content (AvgIpc) is 2.40. The molecule has 0 unspecified atom stereocenters. The average molecular weight is 358 g/mol. The highest BCUT2D eigenvalue weighted by molar-refractivity contribution is 9.10. The van der Waals surface area contributed by atoms with Crippen molar-refractivity contribution in [2.45, 2.75) is 0 Å². The molecule has 20 heavy (non-hydrogen) atoms. The van der Waals surface area contributed by atoms with Crippen molar-refractivity contribution in [2.24, 2.45) is 0 Å². The minimum Gasteiger partial charge on any atom is -0.375 e. The van der Waals surface area contributed by atoms with Crippen LogP contribution in [-0.2, 0) is 4.79 Å². The van der Waals surface area contributed by atoms with Crippen molar-refractivity contribution in [2.75, 3.05) is 17.2 Å². The third-order valence-corrected chi connectivity index (χ3v) is 3.90. The van der Waals surface area contributed by atoms with Gasteiger partial charge in [-0.2, -0.15) is 0 Å². The standard InChI is InChI=1S/C14H11BrClFN2O/c15-14-11(16)5-2-6-12(14)18-8-13(20)19-10-4-1-3-9(17)7-10/h1-7,18H,8H2,(H,19,20). The summed E-state index contributed by atoms with van der Waals surface area (Å²) < 4.78 is 13.7. The number of rotatable bonds is 4. The molecule has 0 fully saturated rings. The highest BCUT2D eigenvalue weighted by atomic mass is 79.9. The number of carbonyl (C=O) groups is 1. The van der Waals surface area contributed by atoms with Gasteiger partial charge in [0.25, 0.3) is 0 Å². The largest absolute Gasteiger partial charge is 0.375 e. The van der Waals surface area contributed by atoms with Gasteiger partial charge < -0.3 is 10.6 Å². The van der Waals surface area contributed by atoms with Gasteiger partial charge in [-0.15, -0.1) is 0 Å². The van der Waals surface area contributed by atoms with Crippen LogP contribution in [0.15, 0.2) is 46.9 Å². The number of benzene rings is 2. The first kappa shape index (κ1) is 14.8. The molecule has 0 aliphatic rings. The molecular formula is C14H11BrClFN2O. The first-order valence-corrected chi connectivity index (χ1v) is 6.96. The van der Waals surface area contributed by atoms with Crippen LogP contribution in [0, 0.1) is 5.82 Å². The van der Waals surface area contributed by atoms with Crippen LogP contribution in [0.1, 0.15) is 0 Å². The molecule has 0 spiro atoms. The van der Waals surface area contributed by atoms with Gasteiger partial charge in [0.05, 0.1) is 21.7 Å². The second kappa shape index (κ2) is 6.72. The van der Waals surface area contributed by atoms with Crippen LogP contribution < -0.4 is 10.6 Å². The van der Waals surface area contributed by atoms with E-state index in [0.717, 1.165) is 0 Å². The Labute approximate surface area is 129 Å². The van der Waals surface area contributed by atoms with Gasteiger partial charge in [-0.1, -0.05) is 23.7 Å². The van der Waals surface area contributed by atoms with Crippen LogP contribution >= 0.6 is 27.5 Å². The monoisotopic (exact) mass is 356 g/mol. The number of nitrogens with one attached hydrogen (secondary N) is 2. The van der Waals surface area contributed by atoms with Crippen molar-refractivity contribution in [3.8, 4) is 0 Å². The van der Waals surface area contributed by atoms with E-state index in [9.17, 15) is 9.18 Å². The van der Waals surface area contributed by atoms with Crippen LogP contribution in [0.25, 0.3) is 0 Å². The molecule has 0 aliphatic heterocycles. The second-order valence-electron chi connectivity index (χ2n) is 4.01. The van der Waals surface area contributed by atoms with Gasteiger partial charge in [-0.3, -0.25) is 4.79 Å². The number of amides is 1. The molecule has 2 N–H and O–H groups in total. The first-order chi connectivity index (χ1) is 9.56. The summed E-state index contributed by atoms with van der Waals surface area (Å²) >= 11 is 9.28. The summed E-state index contributed by atoms with van der Waals surface area (Å²) in [7, 11) is 0. The Morgan fingerprint density at radius 2 is 2.00 bits per heavy atom. The van der Waals surface area contributed by atoms with Crippen LogP contribution in [0.2, 0.25) is 5.02 Å². The summed E-state index contributed by atoms with van der Waals surface area (Å²) in [4.78, 5) is 11.7. The molecule has 0 heterocycles. The molecule has 6 heteroatoms. The Balaban J connectivity index is 1.94. The molecule has 2 aromatic carbocycles. The predicted octanol–water partition coefficient (Wildman–Crippen LogP) is 4.29. The lowest BCUT2D eigenvalue weighted by atomic mass is 10.3. The van der Waals surface area contributed by atoms with Gasteiger partial charge in [0, 0.05) is 5.69 Å². The van der Waals surface area contributed by atoms with Gasteiger partial charge in [0.1, 0.15) is 5.82 Å². The fourth-order valence-corrected chi connectivity index (χ4v) is 2.17. The number of anilines is 2. The molecule has 0 bridgehead atoms. The molecule has 0 aliphatic carbocycles. The van der Waals surface area contributed by atoms with Gasteiger partial charge in [0.2, 0.25) is 5.91 Å². The lowest BCUT2D eigenvalue weighted by Gasteiger charge is -2.10. The Bertz CT molecular complexity index is 636. The molecule has 2 aromatic rings. The molecule has 0 saturated carbocycles. The predicted molar refractivity (Wildman–Crippen MR) is 82.7 cm³/mol. The van der Waals surface area contributed by atoms with Gasteiger partial charge in [0.15, 0.2) is 0 Å². The van der Waals surface area contributed by atoms with Crippen molar-refractivity contribution in [1.82, 2.24) is 0 Å². The van der Waals surface area contributed by atoms with E-state index >= 15 is 0 Å². The number of hydrogen-bond acceptors (Lipinski definition) is 2. The lowest BCUT2D eigenvalue weighted by molar-refractivity contribution is -0.114. The van der Waals surface area contributed by atoms with E-state index in [1.807, 2.05) is 0 Å². The van der Waals surface area contributed by atoms with E-state index < -0.39 is 5.82 Å². The zero-order valence-electron chi connectivity index (χ0n) is 10.3. The van der Waals surface area contributed by atoms with Gasteiger partial charge >= 0.3 is 0 Å². The lowest BCUT2D eigenvalue weighted by Crippen LogP contribution is -2.21. The molecule has 0 saturated heterocycles. The number of carbonyl (C=O) groups excluding carboxylic acids is 1. The van der Waals surface area contributed by atoms with Crippen LogP contribution in [0.5, 0.6) is 0 Å². The number of halogens is 3. The fourth-order valence-electron chi connectivity index (χ4n) is 1.59. The summed E-state index contributed by atoms with van der Waals surface area (Å²) in [5.74, 6) is -0.671. The van der Waals surface area contributed by atoms with E-state index in [-0.39, 0.29) is 12.5 Å². The maximum absolute atomic E-state index is 13.0. The van der Waals surface area contributed by atoms with Gasteiger partial charge in [-0.25, -0.2) is 4.39 Å². The Morgan fingerprint density at radius 3 is 2.75 bits per heavy atom. The Hall–Kier alpha value is -1.59. The van der Waals surface area contributed by atoms with Crippen LogP contribution in [-0.4, -0.2) is 12.5 Å². The van der Waals surface area contributed by atoms with Crippen LogP contribution in [0.4, 0.5) is 15.8 Å². The van der Waals surface area contributed by atoms with Crippen molar-refractivity contribution in [3.63, 3.8) is 0 Å². The maximum Gasteiger partial charge on any atom is 0.243 e. The van der Waals surface area contributed by atoms with E-state index in [2.05, 4.69) is 26.6 Å². The zero-order chi connectivity index (χ0) is 14.5. The molecular weight excluding hydrogens is 347 g/mol. The Morgan fingerprint density at radius 1 is 1.25 bits per heavy atom. The maximum atomic E-state index is 13.0. The molecule has 2 rings (SSSR count). The van der Waals surface area contributed by atoms with E-state index in [0.29, 0.717) is 20.9 Å². The topological polar surface area (TPSA) is 41.1 Å². The van der Waals surface area contributed by atoms with Crippen molar-refractivity contribution in [3.05, 3.63) is 57.8 Å². The summed E-state index contributed by atoms with van der Waals surface area (Å²) in [6, 6.07) is 11.0. The normalized spacial score (nSPS) is 10.2. The van der Waals surface area contributed by atoms with Crippen LogP contribution in [0.3, 0.4) is 0 Å². The number of hydrogen-bond donors (Lipinski definition) is 2. The van der Waals surface area contributed by atoms with E-state index in [1.165, 1.54) is 18.2 Å². The van der Waals surface area contributed by atoms with Crippen molar-refractivity contribution in [1.29, 1.82) is 0 Å². The highest BCUT2D eigenvalue weighted by Gasteiger charge is 2.06. The smallest absolute Gasteiger partial charge is 0.243 e. The molecule has 0 radical (unpaired) electrons. The molecule has 0 atom stereocenters. The fraction of sp³-hybridized carbons (Fsp3) is 0.0714. The summed E-state index contributed by atoms with van der Waals surface area (Å²) in [5.41, 5.74) is 1.13. The zero-order valence-corrected chi connectivity index (χ0v) is 12.6. The van der Waals surface area contributed by atoms with E-state index in [4.69, 9.17) is 11.6 Å². The third kappa shape index (κ3) is 3.95. The first-order valence-electron chi connectivity index (χ1n) is 5.79. The highest BCUT2D eigenvalue weighted by Crippen LogP contribution is 2.29. The minimum atomic E-state index is -0.395. The van der Waals surface area contributed by atoms with Gasteiger partial charge in [-0.05, 0) is 46.3 Å². The molecule has 1 amide bonds. The molecule has 3 nitrogen and oxygen atoms in total. The summed E-state index contributed by atoms with van der Waals surface area (Å²) in [6.07, 6.45) is 0. The summed E-state index contributed by atoms with van der Waals surface area (Å²) in [5, 5.41) is 6.10. The van der Waals surface area contributed by atoms with Crippen molar-refractivity contribution >= 4 is 44.8 Å². The SMILES string of the molecule is O=C(CNc1cccc(Cl)c1Br)Nc1cccc(F)c1. The molecule has 104 valence electrons. The molecule has 0 aromatic heterocycles. The van der Waals surface area contributed by atoms with E-state index in [1.54, 1.807) is 24.3 Å². The summed E-state index contributed by atoms with van der Waals surface area (Å²) in [6.45, 7) is 0.0510. The Kier molecular flexibility index (Phi) is 4.98. The quantitative estimate of drug-likeness (QED) is 0.857.